The number of hydrogen-bond donors (Lipinski definition) is 5. The smallest absolute Gasteiger partial charge is 0.273 e. The molecule has 12 nitrogen and oxygen atoms in total. The Hall–Kier alpha value is -4.20. The third kappa shape index (κ3) is 6.78. The largest absolute Gasteiger partial charge is 0.481 e. The van der Waals surface area contributed by atoms with Crippen molar-refractivity contribution in [3.63, 3.8) is 0 Å². The Balaban J connectivity index is 1.10. The predicted octanol–water partition coefficient (Wildman–Crippen LogP) is 4.42. The standard InChI is InChI=1S/C36H40Cl2N8O4/c1-36(49)14-23(15-36)41-18-29-44-46-19-21(13-28(46)35(48)45(29)2)33-32(38)25(11-12-40-33)24-5-4-6-26(31(24)37)27-9-7-20(34(43-27)50-3)16-39-17-22-8-10-30(47)42-22/h4-7,9,11-13,19,22-23,29,39,41,44,49H,8,10,14-18H2,1-3H3,(H,42,47)/t22-,23?,29?,36?/m0/s1. The van der Waals surface area contributed by atoms with Crippen molar-refractivity contribution in [3.8, 4) is 39.5 Å². The monoisotopic (exact) mass is 718 g/mol. The summed E-state index contributed by atoms with van der Waals surface area (Å²) in [5.74, 6) is 0.447. The number of methoxy groups -OCH3 is 1. The Labute approximate surface area is 300 Å². The molecule has 1 aromatic carbocycles. The van der Waals surface area contributed by atoms with Crippen LogP contribution in [0.5, 0.6) is 5.88 Å². The number of pyridine rings is 2. The Morgan fingerprint density at radius 3 is 2.60 bits per heavy atom. The third-order valence-corrected chi connectivity index (χ3v) is 10.5. The first-order valence-corrected chi connectivity index (χ1v) is 17.5. The Bertz CT molecular complexity index is 1940. The van der Waals surface area contributed by atoms with Crippen LogP contribution >= 0.6 is 23.2 Å². The number of benzene rings is 1. The van der Waals surface area contributed by atoms with Crippen LogP contribution in [0.3, 0.4) is 0 Å². The van der Waals surface area contributed by atoms with Gasteiger partial charge in [-0.2, -0.15) is 0 Å². The highest BCUT2D eigenvalue weighted by Gasteiger charge is 2.39. The fraction of sp³-hybridized carbons (Fsp3) is 0.389. The van der Waals surface area contributed by atoms with Crippen LogP contribution in [0.25, 0.3) is 33.6 Å². The van der Waals surface area contributed by atoms with Crippen molar-refractivity contribution in [2.24, 2.45) is 0 Å². The summed E-state index contributed by atoms with van der Waals surface area (Å²) in [5, 5.41) is 20.7. The van der Waals surface area contributed by atoms with Crippen molar-refractivity contribution in [2.75, 3.05) is 32.7 Å². The molecule has 2 aliphatic heterocycles. The van der Waals surface area contributed by atoms with Crippen molar-refractivity contribution in [1.82, 2.24) is 35.5 Å². The van der Waals surface area contributed by atoms with Crippen molar-refractivity contribution >= 4 is 35.0 Å². The lowest BCUT2D eigenvalue weighted by molar-refractivity contribution is -0.119. The number of hydrogen-bond acceptors (Lipinski definition) is 9. The van der Waals surface area contributed by atoms with Gasteiger partial charge in [0.15, 0.2) is 0 Å². The van der Waals surface area contributed by atoms with Crippen molar-refractivity contribution in [1.29, 1.82) is 0 Å². The summed E-state index contributed by atoms with van der Waals surface area (Å²) in [4.78, 5) is 35.9. The topological polar surface area (TPSA) is 146 Å². The Kier molecular flexibility index (Phi) is 9.48. The molecule has 0 bridgehead atoms. The molecule has 2 fully saturated rings. The number of halogens is 2. The minimum Gasteiger partial charge on any atom is -0.481 e. The highest BCUT2D eigenvalue weighted by Crippen LogP contribution is 2.42. The van der Waals surface area contributed by atoms with Crippen LogP contribution in [0.2, 0.25) is 10.0 Å². The van der Waals surface area contributed by atoms with Gasteiger partial charge in [-0.3, -0.25) is 19.2 Å². The first-order chi connectivity index (χ1) is 24.0. The lowest BCUT2D eigenvalue weighted by Crippen LogP contribution is -2.59. The minimum atomic E-state index is -0.625. The number of carbonyl (C=O) groups excluding carboxylic acids is 2. The van der Waals surface area contributed by atoms with Gasteiger partial charge in [-0.05, 0) is 44.4 Å². The summed E-state index contributed by atoms with van der Waals surface area (Å²) in [6.45, 7) is 3.57. The van der Waals surface area contributed by atoms with Gasteiger partial charge < -0.3 is 36.1 Å². The van der Waals surface area contributed by atoms with E-state index in [0.29, 0.717) is 94.2 Å². The molecule has 4 aromatic rings. The molecular formula is C36H40Cl2N8O4. The van der Waals surface area contributed by atoms with Crippen LogP contribution in [-0.4, -0.2) is 87.6 Å². The van der Waals surface area contributed by atoms with Crippen LogP contribution in [0.4, 0.5) is 0 Å². The van der Waals surface area contributed by atoms with Gasteiger partial charge in [0.1, 0.15) is 11.9 Å². The summed E-state index contributed by atoms with van der Waals surface area (Å²) < 4.78 is 7.37. The van der Waals surface area contributed by atoms with Crippen molar-refractivity contribution < 1.29 is 19.4 Å². The molecule has 1 aliphatic carbocycles. The molecule has 2 amide bonds. The number of likely N-dealkylation sites (N-methyl/N-ethyl adjacent to an activating group) is 1. The Morgan fingerprint density at radius 1 is 1.08 bits per heavy atom. The van der Waals surface area contributed by atoms with E-state index in [4.69, 9.17) is 32.9 Å². The molecule has 3 aliphatic rings. The zero-order valence-electron chi connectivity index (χ0n) is 28.1. The summed E-state index contributed by atoms with van der Waals surface area (Å²) in [6, 6.07) is 13.5. The highest BCUT2D eigenvalue weighted by atomic mass is 35.5. The third-order valence-electron chi connectivity index (χ3n) is 9.74. The molecule has 7 rings (SSSR count). The lowest BCUT2D eigenvalue weighted by Gasteiger charge is -2.43. The fourth-order valence-corrected chi connectivity index (χ4v) is 7.62. The molecule has 14 heteroatoms. The van der Waals surface area contributed by atoms with E-state index in [0.717, 1.165) is 12.0 Å². The molecule has 5 heterocycles. The van der Waals surface area contributed by atoms with Crippen LogP contribution in [0.1, 0.15) is 48.7 Å². The van der Waals surface area contributed by atoms with E-state index in [1.807, 2.05) is 49.5 Å². The molecule has 3 aromatic heterocycles. The average molecular weight is 720 g/mol. The molecule has 1 saturated heterocycles. The van der Waals surface area contributed by atoms with Crippen molar-refractivity contribution in [2.45, 2.75) is 63.0 Å². The van der Waals surface area contributed by atoms with E-state index in [1.165, 1.54) is 0 Å². The summed E-state index contributed by atoms with van der Waals surface area (Å²) in [5.41, 5.74) is 8.09. The maximum atomic E-state index is 13.4. The molecule has 1 unspecified atom stereocenters. The number of amides is 2. The van der Waals surface area contributed by atoms with Crippen LogP contribution in [0.15, 0.2) is 54.9 Å². The maximum Gasteiger partial charge on any atom is 0.273 e. The first kappa shape index (κ1) is 34.3. The fourth-order valence-electron chi connectivity index (χ4n) is 6.97. The molecular weight excluding hydrogens is 679 g/mol. The van der Waals surface area contributed by atoms with Gasteiger partial charge in [-0.25, -0.2) is 4.98 Å². The van der Waals surface area contributed by atoms with Gasteiger partial charge in [-0.1, -0.05) is 47.5 Å². The second-order valence-corrected chi connectivity index (χ2v) is 14.3. The normalized spacial score (nSPS) is 22.9. The number of aliphatic hydroxyl groups is 1. The van der Waals surface area contributed by atoms with Gasteiger partial charge in [-0.15, -0.1) is 0 Å². The van der Waals surface area contributed by atoms with E-state index in [1.54, 1.807) is 36.0 Å². The molecule has 262 valence electrons. The molecule has 2 atom stereocenters. The number of fused-ring (bicyclic) bond motifs is 1. The van der Waals surface area contributed by atoms with E-state index in [-0.39, 0.29) is 30.1 Å². The van der Waals surface area contributed by atoms with Gasteiger partial charge in [0, 0.05) is 85.4 Å². The van der Waals surface area contributed by atoms with Gasteiger partial charge in [0.05, 0.1) is 34.1 Å². The zero-order chi connectivity index (χ0) is 35.2. The Morgan fingerprint density at radius 2 is 1.86 bits per heavy atom. The number of aromatic nitrogens is 3. The molecule has 50 heavy (non-hydrogen) atoms. The predicted molar refractivity (Wildman–Crippen MR) is 193 cm³/mol. The molecule has 5 N–H and O–H groups in total. The highest BCUT2D eigenvalue weighted by molar-refractivity contribution is 6.39. The first-order valence-electron chi connectivity index (χ1n) is 16.7. The molecule has 1 saturated carbocycles. The average Bonchev–Trinajstić information content (AvgIpc) is 3.71. The quantitative estimate of drug-likeness (QED) is 0.152. The molecule has 0 spiro atoms. The van der Waals surface area contributed by atoms with Gasteiger partial charge >= 0.3 is 0 Å². The minimum absolute atomic E-state index is 0.0910. The maximum absolute atomic E-state index is 13.4. The van der Waals surface area contributed by atoms with E-state index >= 15 is 0 Å². The van der Waals surface area contributed by atoms with Crippen LogP contribution in [-0.2, 0) is 11.3 Å². The second kappa shape index (κ2) is 13.8. The van der Waals surface area contributed by atoms with E-state index in [2.05, 4.69) is 26.4 Å². The van der Waals surface area contributed by atoms with Gasteiger partial charge in [0.2, 0.25) is 11.8 Å². The van der Waals surface area contributed by atoms with Crippen molar-refractivity contribution in [3.05, 3.63) is 76.2 Å². The van der Waals surface area contributed by atoms with Crippen LogP contribution < -0.4 is 26.1 Å². The lowest BCUT2D eigenvalue weighted by atomic mass is 9.77. The van der Waals surface area contributed by atoms with E-state index in [9.17, 15) is 14.7 Å². The zero-order valence-corrected chi connectivity index (χ0v) is 29.6. The second-order valence-electron chi connectivity index (χ2n) is 13.5. The number of nitrogens with zero attached hydrogens (tertiary/aromatic N) is 4. The number of rotatable bonds is 11. The molecule has 0 radical (unpaired) electrons. The number of nitrogens with one attached hydrogen (secondary N) is 4. The number of carbonyl (C=O) groups is 2. The summed E-state index contributed by atoms with van der Waals surface area (Å²) in [6.07, 6.45) is 5.98. The SMILES string of the molecule is COc1nc(-c2cccc(-c3ccnc(-c4cc5n(c4)NC(CNC4CC(C)(O)C4)N(C)C5=O)c3Cl)c2Cl)ccc1CNC[C@@H]1CCC(=O)N1. The summed E-state index contributed by atoms with van der Waals surface area (Å²) >= 11 is 14.1. The van der Waals surface area contributed by atoms with Gasteiger partial charge in [0.25, 0.3) is 5.91 Å². The number of ether oxygens (including phenoxy) is 1. The van der Waals surface area contributed by atoms with E-state index < -0.39 is 5.60 Å². The van der Waals surface area contributed by atoms with Crippen LogP contribution in [0, 0.1) is 0 Å². The summed E-state index contributed by atoms with van der Waals surface area (Å²) in [7, 11) is 3.35.